The highest BCUT2D eigenvalue weighted by Crippen LogP contribution is 2.32. The third-order valence-electron chi connectivity index (χ3n) is 4.29. The molecule has 0 saturated heterocycles. The van der Waals surface area contributed by atoms with Crippen LogP contribution in [0.3, 0.4) is 0 Å². The highest BCUT2D eigenvalue weighted by Gasteiger charge is 2.17. The lowest BCUT2D eigenvalue weighted by atomic mass is 10.2. The summed E-state index contributed by atoms with van der Waals surface area (Å²) in [6, 6.07) is 12.4. The topological polar surface area (TPSA) is 79.9 Å². The Hall–Kier alpha value is -2.93. The molecule has 1 heterocycles. The van der Waals surface area contributed by atoms with Gasteiger partial charge in [-0.25, -0.2) is 4.79 Å². The zero-order valence-electron chi connectivity index (χ0n) is 15.5. The molecule has 0 aromatic heterocycles. The highest BCUT2D eigenvalue weighted by atomic mass is 35.5. The van der Waals surface area contributed by atoms with Crippen molar-refractivity contribution in [3.05, 3.63) is 58.6 Å². The van der Waals surface area contributed by atoms with Gasteiger partial charge in [0, 0.05) is 24.7 Å². The summed E-state index contributed by atoms with van der Waals surface area (Å²) in [5.74, 6) is 1.14. The lowest BCUT2D eigenvalue weighted by Crippen LogP contribution is -2.45. The first kappa shape index (κ1) is 19.8. The summed E-state index contributed by atoms with van der Waals surface area (Å²) in [7, 11) is 0. The van der Waals surface area contributed by atoms with Crippen molar-refractivity contribution >= 4 is 23.5 Å². The second kappa shape index (κ2) is 9.32. The number of carbonyl (C=O) groups excluding carboxylic acids is 2. The zero-order chi connectivity index (χ0) is 19.9. The molecule has 3 rings (SSSR count). The summed E-state index contributed by atoms with van der Waals surface area (Å²) < 4.78 is 10.6. The number of benzene rings is 2. The molecule has 0 unspecified atom stereocenters. The number of ether oxygens (including phenoxy) is 2. The summed E-state index contributed by atoms with van der Waals surface area (Å²) in [4.78, 5) is 26.0. The van der Waals surface area contributed by atoms with Crippen LogP contribution in [0, 0.1) is 0 Å². The van der Waals surface area contributed by atoms with Gasteiger partial charge in [0.15, 0.2) is 11.5 Å². The van der Waals surface area contributed by atoms with Gasteiger partial charge >= 0.3 is 6.03 Å². The van der Waals surface area contributed by atoms with Crippen molar-refractivity contribution in [2.24, 2.45) is 0 Å². The first-order valence-corrected chi connectivity index (χ1v) is 9.35. The first-order chi connectivity index (χ1) is 13.5. The van der Waals surface area contributed by atoms with Crippen LogP contribution in [0.2, 0.25) is 5.02 Å². The normalized spacial score (nSPS) is 11.8. The second-order valence-corrected chi connectivity index (χ2v) is 6.70. The van der Waals surface area contributed by atoms with E-state index in [0.29, 0.717) is 36.2 Å². The van der Waals surface area contributed by atoms with Crippen molar-refractivity contribution in [3.63, 3.8) is 0 Å². The van der Waals surface area contributed by atoms with Gasteiger partial charge in [0.05, 0.1) is 0 Å². The van der Waals surface area contributed by atoms with Crippen LogP contribution in [0.1, 0.15) is 18.1 Å². The molecule has 1 aliphatic rings. The van der Waals surface area contributed by atoms with Gasteiger partial charge in [-0.15, -0.1) is 0 Å². The van der Waals surface area contributed by atoms with Crippen molar-refractivity contribution < 1.29 is 19.1 Å². The minimum Gasteiger partial charge on any atom is -0.454 e. The fraction of sp³-hybridized carbons (Fsp3) is 0.300. The number of hydrogen-bond donors (Lipinski definition) is 2. The van der Waals surface area contributed by atoms with Crippen LogP contribution in [0.5, 0.6) is 11.5 Å². The third kappa shape index (κ3) is 5.29. The molecule has 28 heavy (non-hydrogen) atoms. The lowest BCUT2D eigenvalue weighted by molar-refractivity contribution is -0.121. The molecular weight excluding hydrogens is 382 g/mol. The molecule has 8 heteroatoms. The molecule has 0 spiro atoms. The van der Waals surface area contributed by atoms with Crippen LogP contribution >= 0.6 is 11.6 Å². The molecular formula is C20H22ClN3O4. The van der Waals surface area contributed by atoms with E-state index in [0.717, 1.165) is 11.1 Å². The van der Waals surface area contributed by atoms with Crippen LogP contribution in [0.25, 0.3) is 0 Å². The maximum atomic E-state index is 12.4. The maximum absolute atomic E-state index is 12.4. The number of amides is 3. The third-order valence-corrected chi connectivity index (χ3v) is 4.54. The number of nitrogens with zero attached hydrogens (tertiary/aromatic N) is 1. The van der Waals surface area contributed by atoms with Crippen LogP contribution in [0.15, 0.2) is 42.5 Å². The predicted molar refractivity (Wildman–Crippen MR) is 105 cm³/mol. The molecule has 148 valence electrons. The Morgan fingerprint density at radius 2 is 1.68 bits per heavy atom. The SMILES string of the molecule is CCN(CC(=O)NCc1ccc(Cl)cc1)C(=O)NCc1ccc2c(c1)OCO2. The van der Waals surface area contributed by atoms with Gasteiger partial charge < -0.3 is 25.0 Å². The van der Waals surface area contributed by atoms with E-state index >= 15 is 0 Å². The van der Waals surface area contributed by atoms with Crippen LogP contribution in [-0.4, -0.2) is 36.7 Å². The number of nitrogens with one attached hydrogen (secondary N) is 2. The molecule has 0 aliphatic carbocycles. The number of urea groups is 1. The average Bonchev–Trinajstić information content (AvgIpc) is 3.17. The summed E-state index contributed by atoms with van der Waals surface area (Å²) >= 11 is 5.85. The molecule has 0 fully saturated rings. The summed E-state index contributed by atoms with van der Waals surface area (Å²) in [6.07, 6.45) is 0. The average molecular weight is 404 g/mol. The number of fused-ring (bicyclic) bond motifs is 1. The van der Waals surface area contributed by atoms with Gasteiger partial charge in [0.25, 0.3) is 0 Å². The maximum Gasteiger partial charge on any atom is 0.318 e. The molecule has 7 nitrogen and oxygen atoms in total. The Labute approximate surface area is 168 Å². The predicted octanol–water partition coefficient (Wildman–Crippen LogP) is 2.92. The minimum atomic E-state index is -0.304. The van der Waals surface area contributed by atoms with Gasteiger partial charge in [0.1, 0.15) is 6.54 Å². The molecule has 0 bridgehead atoms. The van der Waals surface area contributed by atoms with Gasteiger partial charge in [-0.05, 0) is 42.3 Å². The van der Waals surface area contributed by atoms with E-state index in [2.05, 4.69) is 10.6 Å². The van der Waals surface area contributed by atoms with Crippen LogP contribution < -0.4 is 20.1 Å². The number of hydrogen-bond acceptors (Lipinski definition) is 4. The van der Waals surface area contributed by atoms with Crippen molar-refractivity contribution in [1.29, 1.82) is 0 Å². The summed E-state index contributed by atoms with van der Waals surface area (Å²) in [5.41, 5.74) is 1.83. The van der Waals surface area contributed by atoms with E-state index in [1.54, 1.807) is 12.1 Å². The number of halogens is 1. The lowest BCUT2D eigenvalue weighted by Gasteiger charge is -2.21. The highest BCUT2D eigenvalue weighted by molar-refractivity contribution is 6.30. The zero-order valence-corrected chi connectivity index (χ0v) is 16.3. The molecule has 1 aliphatic heterocycles. The fourth-order valence-corrected chi connectivity index (χ4v) is 2.83. The van der Waals surface area contributed by atoms with Gasteiger partial charge in [-0.1, -0.05) is 29.8 Å². The van der Waals surface area contributed by atoms with Crippen molar-refractivity contribution in [2.45, 2.75) is 20.0 Å². The first-order valence-electron chi connectivity index (χ1n) is 8.97. The monoisotopic (exact) mass is 403 g/mol. The molecule has 2 aromatic rings. The fourth-order valence-electron chi connectivity index (χ4n) is 2.70. The van der Waals surface area contributed by atoms with Gasteiger partial charge in [-0.2, -0.15) is 0 Å². The van der Waals surface area contributed by atoms with Crippen LogP contribution in [0.4, 0.5) is 4.79 Å². The van der Waals surface area contributed by atoms with Crippen molar-refractivity contribution in [3.8, 4) is 11.5 Å². The van der Waals surface area contributed by atoms with Gasteiger partial charge in [0.2, 0.25) is 12.7 Å². The Kier molecular flexibility index (Phi) is 6.60. The van der Waals surface area contributed by atoms with E-state index in [9.17, 15) is 9.59 Å². The smallest absolute Gasteiger partial charge is 0.318 e. The van der Waals surface area contributed by atoms with E-state index in [1.807, 2.05) is 37.3 Å². The molecule has 0 atom stereocenters. The Balaban J connectivity index is 1.46. The summed E-state index contributed by atoms with van der Waals surface area (Å²) in [5, 5.41) is 6.27. The molecule has 2 N–H and O–H groups in total. The van der Waals surface area contributed by atoms with Crippen molar-refractivity contribution in [2.75, 3.05) is 19.9 Å². The Bertz CT molecular complexity index is 842. The Morgan fingerprint density at radius 3 is 2.43 bits per heavy atom. The summed E-state index contributed by atoms with van der Waals surface area (Å²) in [6.45, 7) is 3.15. The minimum absolute atomic E-state index is 0.0168. The number of rotatable bonds is 7. The van der Waals surface area contributed by atoms with E-state index < -0.39 is 0 Å². The molecule has 0 saturated carbocycles. The quantitative estimate of drug-likeness (QED) is 0.745. The van der Waals surface area contributed by atoms with E-state index in [-0.39, 0.29) is 25.3 Å². The van der Waals surface area contributed by atoms with E-state index in [1.165, 1.54) is 4.90 Å². The van der Waals surface area contributed by atoms with Crippen LogP contribution in [-0.2, 0) is 17.9 Å². The standard InChI is InChI=1S/C20H22ClN3O4/c1-2-24(12-19(25)22-10-14-3-6-16(21)7-4-14)20(26)23-11-15-5-8-17-18(9-15)28-13-27-17/h3-9H,2,10-13H2,1H3,(H,22,25)(H,23,26). The van der Waals surface area contributed by atoms with Gasteiger partial charge in [-0.3, -0.25) is 4.79 Å². The molecule has 3 amide bonds. The number of carbonyl (C=O) groups is 2. The van der Waals surface area contributed by atoms with Crippen molar-refractivity contribution in [1.82, 2.24) is 15.5 Å². The Morgan fingerprint density at radius 1 is 1.00 bits per heavy atom. The molecule has 2 aromatic carbocycles. The number of likely N-dealkylation sites (N-methyl/N-ethyl adjacent to an activating group) is 1. The second-order valence-electron chi connectivity index (χ2n) is 6.26. The largest absolute Gasteiger partial charge is 0.454 e. The van der Waals surface area contributed by atoms with E-state index in [4.69, 9.17) is 21.1 Å². The molecule has 0 radical (unpaired) electrons.